The Kier molecular flexibility index (Phi) is 8.77. The molecular formula is C28H40ClN3O3. The Morgan fingerprint density at radius 2 is 1.89 bits per heavy atom. The van der Waals surface area contributed by atoms with E-state index in [1.165, 1.54) is 12.8 Å². The number of nitrogens with zero attached hydrogens (tertiary/aromatic N) is 1. The Morgan fingerprint density at radius 1 is 1.17 bits per heavy atom. The molecule has 2 N–H and O–H groups in total. The van der Waals surface area contributed by atoms with E-state index in [0.29, 0.717) is 19.0 Å². The van der Waals surface area contributed by atoms with Gasteiger partial charge in [0.1, 0.15) is 11.5 Å². The van der Waals surface area contributed by atoms with Crippen LogP contribution in [-0.2, 0) is 9.53 Å². The Bertz CT molecular complexity index is 945. The van der Waals surface area contributed by atoms with Gasteiger partial charge in [0.05, 0.1) is 18.3 Å². The average Bonchev–Trinajstić information content (AvgIpc) is 3.30. The number of allylic oxidation sites excluding steroid dienone is 1. The fraction of sp³-hybridized carbons (Fsp3) is 0.643. The second kappa shape index (κ2) is 11.8. The van der Waals surface area contributed by atoms with Crippen LogP contribution < -0.4 is 10.1 Å². The maximum Gasteiger partial charge on any atom is 0.272 e. The third-order valence-electron chi connectivity index (χ3n) is 7.64. The van der Waals surface area contributed by atoms with Crippen LogP contribution in [0.15, 0.2) is 29.5 Å². The van der Waals surface area contributed by atoms with E-state index in [1.807, 2.05) is 39.0 Å². The van der Waals surface area contributed by atoms with Gasteiger partial charge in [-0.05, 0) is 90.2 Å². The van der Waals surface area contributed by atoms with Gasteiger partial charge in [0.15, 0.2) is 0 Å². The van der Waals surface area contributed by atoms with Crippen LogP contribution in [0.25, 0.3) is 0 Å². The fourth-order valence-corrected chi connectivity index (χ4v) is 5.87. The van der Waals surface area contributed by atoms with E-state index in [0.717, 1.165) is 72.7 Å². The second-order valence-corrected chi connectivity index (χ2v) is 10.9. The fourth-order valence-electron chi connectivity index (χ4n) is 5.71. The Labute approximate surface area is 214 Å². The van der Waals surface area contributed by atoms with Crippen LogP contribution in [0, 0.1) is 18.3 Å². The Balaban J connectivity index is 1.23. The quantitative estimate of drug-likeness (QED) is 0.451. The largest absolute Gasteiger partial charge is 0.490 e. The zero-order valence-electron chi connectivity index (χ0n) is 21.4. The second-order valence-electron chi connectivity index (χ2n) is 10.5. The average molecular weight is 502 g/mol. The standard InChI is InChI=1S/C28H40ClN3O3/c1-18-16-32(17-19(2)34-18)28(33)27(30)23-6-4-8-25(23)31-15-14-21-10-12-22(13-11-21)35-26-9-5-7-24(29)20(26)3/h5,7,9,18-19,21-22,30-31H,4,6,8,10-17H2,1-3H3/t18-,19+,21?,22?. The molecule has 0 radical (unpaired) electrons. The number of amides is 1. The first kappa shape index (κ1) is 26.0. The highest BCUT2D eigenvalue weighted by molar-refractivity contribution is 6.44. The molecule has 1 aliphatic heterocycles. The van der Waals surface area contributed by atoms with Crippen LogP contribution in [-0.4, -0.2) is 54.5 Å². The van der Waals surface area contributed by atoms with Crippen LogP contribution >= 0.6 is 11.6 Å². The third-order valence-corrected chi connectivity index (χ3v) is 8.05. The van der Waals surface area contributed by atoms with Gasteiger partial charge in [0, 0.05) is 41.5 Å². The zero-order valence-corrected chi connectivity index (χ0v) is 22.1. The summed E-state index contributed by atoms with van der Waals surface area (Å²) in [5, 5.41) is 13.0. The number of ether oxygens (including phenoxy) is 2. The zero-order chi connectivity index (χ0) is 24.9. The van der Waals surface area contributed by atoms with Gasteiger partial charge in [-0.25, -0.2) is 0 Å². The van der Waals surface area contributed by atoms with Crippen molar-refractivity contribution >= 4 is 23.2 Å². The number of carbonyl (C=O) groups excluding carboxylic acids is 1. The van der Waals surface area contributed by atoms with Gasteiger partial charge in [-0.15, -0.1) is 0 Å². The molecule has 35 heavy (non-hydrogen) atoms. The summed E-state index contributed by atoms with van der Waals surface area (Å²) in [7, 11) is 0. The summed E-state index contributed by atoms with van der Waals surface area (Å²) < 4.78 is 12.0. The predicted octanol–water partition coefficient (Wildman–Crippen LogP) is 5.66. The van der Waals surface area contributed by atoms with Crippen molar-refractivity contribution in [2.45, 2.75) is 90.4 Å². The minimum atomic E-state index is -0.156. The highest BCUT2D eigenvalue weighted by atomic mass is 35.5. The molecule has 6 nitrogen and oxygen atoms in total. The number of carbonyl (C=O) groups is 1. The number of hydrogen-bond donors (Lipinski definition) is 2. The van der Waals surface area contributed by atoms with Crippen LogP contribution in [0.4, 0.5) is 0 Å². The molecule has 2 fully saturated rings. The highest BCUT2D eigenvalue weighted by Crippen LogP contribution is 2.33. The van der Waals surface area contributed by atoms with E-state index in [2.05, 4.69) is 5.32 Å². The molecule has 3 aliphatic rings. The van der Waals surface area contributed by atoms with Crippen molar-refractivity contribution < 1.29 is 14.3 Å². The topological polar surface area (TPSA) is 74.7 Å². The summed E-state index contributed by atoms with van der Waals surface area (Å²) in [6, 6.07) is 5.86. The SMILES string of the molecule is Cc1c(Cl)cccc1OC1CCC(CCNC2=C(C(=N)C(=O)N3C[C@@H](C)O[C@@H](C)C3)CCC2)CC1. The lowest BCUT2D eigenvalue weighted by Gasteiger charge is -2.35. The third kappa shape index (κ3) is 6.59. The number of benzene rings is 1. The lowest BCUT2D eigenvalue weighted by atomic mass is 9.85. The van der Waals surface area contributed by atoms with Crippen molar-refractivity contribution in [3.05, 3.63) is 40.1 Å². The normalized spacial score (nSPS) is 27.1. The van der Waals surface area contributed by atoms with E-state index in [9.17, 15) is 4.79 Å². The molecule has 1 saturated heterocycles. The minimum absolute atomic E-state index is 0.0145. The van der Waals surface area contributed by atoms with Crippen LogP contribution in [0.1, 0.15) is 70.8 Å². The number of rotatable bonds is 8. The lowest BCUT2D eigenvalue weighted by Crippen LogP contribution is -2.50. The molecule has 4 rings (SSSR count). The molecule has 1 amide bonds. The predicted molar refractivity (Wildman–Crippen MR) is 140 cm³/mol. The summed E-state index contributed by atoms with van der Waals surface area (Å²) in [4.78, 5) is 14.8. The summed E-state index contributed by atoms with van der Waals surface area (Å²) in [6.45, 7) is 8.00. The molecule has 1 saturated carbocycles. The van der Waals surface area contributed by atoms with Crippen molar-refractivity contribution in [3.8, 4) is 5.75 Å². The minimum Gasteiger partial charge on any atom is -0.490 e. The molecule has 2 atom stereocenters. The maximum atomic E-state index is 13.0. The first-order valence-electron chi connectivity index (χ1n) is 13.2. The van der Waals surface area contributed by atoms with Gasteiger partial charge in [0.25, 0.3) is 5.91 Å². The van der Waals surface area contributed by atoms with Gasteiger partial charge in [-0.2, -0.15) is 0 Å². The lowest BCUT2D eigenvalue weighted by molar-refractivity contribution is -0.136. The monoisotopic (exact) mass is 501 g/mol. The summed E-state index contributed by atoms with van der Waals surface area (Å²) in [5.41, 5.74) is 3.20. The van der Waals surface area contributed by atoms with E-state index in [1.54, 1.807) is 4.90 Å². The molecule has 1 aromatic rings. The van der Waals surface area contributed by atoms with Crippen molar-refractivity contribution in [2.24, 2.45) is 5.92 Å². The molecule has 2 aliphatic carbocycles. The van der Waals surface area contributed by atoms with Gasteiger partial charge in [-0.1, -0.05) is 17.7 Å². The van der Waals surface area contributed by atoms with Crippen molar-refractivity contribution in [2.75, 3.05) is 19.6 Å². The van der Waals surface area contributed by atoms with E-state index >= 15 is 0 Å². The Morgan fingerprint density at radius 3 is 2.60 bits per heavy atom. The summed E-state index contributed by atoms with van der Waals surface area (Å²) in [5.74, 6) is 1.43. The molecule has 0 spiro atoms. The number of halogens is 1. The smallest absolute Gasteiger partial charge is 0.272 e. The maximum absolute atomic E-state index is 13.0. The van der Waals surface area contributed by atoms with E-state index < -0.39 is 0 Å². The van der Waals surface area contributed by atoms with E-state index in [-0.39, 0.29) is 29.9 Å². The van der Waals surface area contributed by atoms with Crippen LogP contribution in [0.3, 0.4) is 0 Å². The summed E-state index contributed by atoms with van der Waals surface area (Å²) in [6.07, 6.45) is 8.63. The van der Waals surface area contributed by atoms with Gasteiger partial charge >= 0.3 is 0 Å². The van der Waals surface area contributed by atoms with Crippen molar-refractivity contribution in [1.82, 2.24) is 10.2 Å². The molecule has 0 bridgehead atoms. The molecule has 1 aromatic carbocycles. The summed E-state index contributed by atoms with van der Waals surface area (Å²) >= 11 is 6.23. The highest BCUT2D eigenvalue weighted by Gasteiger charge is 2.31. The first-order valence-corrected chi connectivity index (χ1v) is 13.6. The molecule has 7 heteroatoms. The van der Waals surface area contributed by atoms with Gasteiger partial charge in [-0.3, -0.25) is 10.2 Å². The molecule has 192 valence electrons. The van der Waals surface area contributed by atoms with Crippen molar-refractivity contribution in [3.63, 3.8) is 0 Å². The molecule has 0 aromatic heterocycles. The van der Waals surface area contributed by atoms with Crippen LogP contribution in [0.2, 0.25) is 5.02 Å². The Hall–Kier alpha value is -2.05. The van der Waals surface area contributed by atoms with E-state index in [4.69, 9.17) is 26.5 Å². The number of nitrogens with one attached hydrogen (secondary N) is 2. The molecule has 1 heterocycles. The van der Waals surface area contributed by atoms with Crippen molar-refractivity contribution in [1.29, 1.82) is 5.41 Å². The first-order chi connectivity index (χ1) is 16.8. The number of morpholine rings is 1. The molecule has 0 unspecified atom stereocenters. The molecular weight excluding hydrogens is 462 g/mol. The van der Waals surface area contributed by atoms with Crippen LogP contribution in [0.5, 0.6) is 5.75 Å². The van der Waals surface area contributed by atoms with Gasteiger partial charge in [0.2, 0.25) is 0 Å². The van der Waals surface area contributed by atoms with Gasteiger partial charge < -0.3 is 19.7 Å². The number of hydrogen-bond acceptors (Lipinski definition) is 5.